The van der Waals surface area contributed by atoms with Crippen molar-refractivity contribution in [1.82, 2.24) is 9.21 Å². The van der Waals surface area contributed by atoms with Crippen molar-refractivity contribution >= 4 is 16.1 Å². The maximum atomic E-state index is 12.0. The molecule has 1 fully saturated rings. The molecule has 1 rings (SSSR count). The molecule has 1 amide bonds. The van der Waals surface area contributed by atoms with Crippen molar-refractivity contribution in [3.8, 4) is 0 Å². The maximum Gasteiger partial charge on any atom is 0.277 e. The number of nitrogens with zero attached hydrogens (tertiary/aromatic N) is 2. The summed E-state index contributed by atoms with van der Waals surface area (Å²) in [7, 11) is -3.65. The molecular formula is C10H22N4O3S. The van der Waals surface area contributed by atoms with Gasteiger partial charge in [0, 0.05) is 26.2 Å². The van der Waals surface area contributed by atoms with E-state index in [-0.39, 0.29) is 19.0 Å². The van der Waals surface area contributed by atoms with Crippen LogP contribution in [0.5, 0.6) is 0 Å². The molecule has 106 valence electrons. The fourth-order valence-electron chi connectivity index (χ4n) is 1.94. The molecule has 1 unspecified atom stereocenters. The zero-order valence-electron chi connectivity index (χ0n) is 10.7. The quantitative estimate of drug-likeness (QED) is 0.661. The SMILES string of the molecule is CCCCC(N)C(=O)N1CCN(S(N)(=O)=O)CC1. The third-order valence-corrected chi connectivity index (χ3v) is 4.18. The second-order valence-electron chi connectivity index (χ2n) is 4.52. The molecule has 7 nitrogen and oxygen atoms in total. The van der Waals surface area contributed by atoms with Crippen LogP contribution in [-0.4, -0.2) is 55.8 Å². The summed E-state index contributed by atoms with van der Waals surface area (Å²) in [5, 5.41) is 5.03. The number of carbonyl (C=O) groups is 1. The van der Waals surface area contributed by atoms with Crippen molar-refractivity contribution in [3.63, 3.8) is 0 Å². The molecule has 0 aromatic heterocycles. The first kappa shape index (κ1) is 15.4. The molecule has 1 atom stereocenters. The first-order valence-electron chi connectivity index (χ1n) is 6.18. The van der Waals surface area contributed by atoms with Gasteiger partial charge in [0.05, 0.1) is 6.04 Å². The van der Waals surface area contributed by atoms with Gasteiger partial charge in [-0.15, -0.1) is 0 Å². The van der Waals surface area contributed by atoms with Crippen LogP contribution in [0.25, 0.3) is 0 Å². The summed E-state index contributed by atoms with van der Waals surface area (Å²) in [4.78, 5) is 13.6. The highest BCUT2D eigenvalue weighted by Gasteiger charge is 2.28. The van der Waals surface area contributed by atoms with Crippen LogP contribution in [0.3, 0.4) is 0 Å². The van der Waals surface area contributed by atoms with Crippen LogP contribution in [0.2, 0.25) is 0 Å². The van der Waals surface area contributed by atoms with Gasteiger partial charge in [-0.3, -0.25) is 4.79 Å². The van der Waals surface area contributed by atoms with Crippen molar-refractivity contribution in [2.45, 2.75) is 32.2 Å². The summed E-state index contributed by atoms with van der Waals surface area (Å²) < 4.78 is 23.4. The van der Waals surface area contributed by atoms with Gasteiger partial charge < -0.3 is 10.6 Å². The predicted molar refractivity (Wildman–Crippen MR) is 68.8 cm³/mol. The van der Waals surface area contributed by atoms with E-state index in [2.05, 4.69) is 0 Å². The van der Waals surface area contributed by atoms with Crippen LogP contribution in [-0.2, 0) is 15.0 Å². The van der Waals surface area contributed by atoms with Crippen molar-refractivity contribution < 1.29 is 13.2 Å². The molecule has 18 heavy (non-hydrogen) atoms. The highest BCUT2D eigenvalue weighted by Crippen LogP contribution is 2.08. The van der Waals surface area contributed by atoms with E-state index >= 15 is 0 Å². The van der Waals surface area contributed by atoms with Gasteiger partial charge in [-0.2, -0.15) is 12.7 Å². The summed E-state index contributed by atoms with van der Waals surface area (Å²) in [6, 6.07) is -0.481. The molecule has 1 saturated heterocycles. The van der Waals surface area contributed by atoms with Crippen molar-refractivity contribution in [2.24, 2.45) is 10.9 Å². The Morgan fingerprint density at radius 2 is 1.83 bits per heavy atom. The molecule has 0 aromatic carbocycles. The molecule has 8 heteroatoms. The molecule has 0 radical (unpaired) electrons. The lowest BCUT2D eigenvalue weighted by Crippen LogP contribution is -2.55. The monoisotopic (exact) mass is 278 g/mol. The normalized spacial score (nSPS) is 19.8. The predicted octanol–water partition coefficient (Wildman–Crippen LogP) is -1.15. The van der Waals surface area contributed by atoms with Gasteiger partial charge in [0.1, 0.15) is 0 Å². The van der Waals surface area contributed by atoms with E-state index in [1.54, 1.807) is 4.90 Å². The Morgan fingerprint density at radius 1 is 1.28 bits per heavy atom. The first-order valence-corrected chi connectivity index (χ1v) is 7.68. The average Bonchev–Trinajstić information content (AvgIpc) is 2.34. The Hall–Kier alpha value is -0.700. The molecule has 1 heterocycles. The smallest absolute Gasteiger partial charge is 0.277 e. The van der Waals surface area contributed by atoms with E-state index in [9.17, 15) is 13.2 Å². The lowest BCUT2D eigenvalue weighted by molar-refractivity contribution is -0.133. The largest absolute Gasteiger partial charge is 0.339 e. The molecular weight excluding hydrogens is 256 g/mol. The van der Waals surface area contributed by atoms with Crippen molar-refractivity contribution in [1.29, 1.82) is 0 Å². The number of hydrogen-bond acceptors (Lipinski definition) is 4. The Morgan fingerprint density at radius 3 is 2.28 bits per heavy atom. The van der Waals surface area contributed by atoms with Crippen LogP contribution in [0, 0.1) is 0 Å². The lowest BCUT2D eigenvalue weighted by Gasteiger charge is -2.34. The summed E-state index contributed by atoms with van der Waals surface area (Å²) in [6.45, 7) is 3.24. The van der Waals surface area contributed by atoms with E-state index in [4.69, 9.17) is 10.9 Å². The summed E-state index contributed by atoms with van der Waals surface area (Å²) in [5.41, 5.74) is 5.81. The Bertz CT molecular complexity index is 377. The highest BCUT2D eigenvalue weighted by molar-refractivity contribution is 7.86. The second-order valence-corrected chi connectivity index (χ2v) is 6.06. The summed E-state index contributed by atoms with van der Waals surface area (Å²) >= 11 is 0. The van der Waals surface area contributed by atoms with Gasteiger partial charge in [-0.25, -0.2) is 5.14 Å². The van der Waals surface area contributed by atoms with Crippen LogP contribution < -0.4 is 10.9 Å². The zero-order valence-corrected chi connectivity index (χ0v) is 11.5. The average molecular weight is 278 g/mol. The van der Waals surface area contributed by atoms with Gasteiger partial charge in [0.25, 0.3) is 10.2 Å². The number of carbonyl (C=O) groups excluding carboxylic acids is 1. The van der Waals surface area contributed by atoms with Crippen LogP contribution in [0.15, 0.2) is 0 Å². The van der Waals surface area contributed by atoms with E-state index in [0.717, 1.165) is 12.8 Å². The minimum absolute atomic E-state index is 0.0995. The molecule has 0 saturated carbocycles. The topological polar surface area (TPSA) is 110 Å². The van der Waals surface area contributed by atoms with Crippen molar-refractivity contribution in [2.75, 3.05) is 26.2 Å². The molecule has 0 bridgehead atoms. The Balaban J connectivity index is 2.45. The number of amides is 1. The highest BCUT2D eigenvalue weighted by atomic mass is 32.2. The second kappa shape index (κ2) is 6.46. The molecule has 0 spiro atoms. The number of nitrogens with two attached hydrogens (primary N) is 2. The van der Waals surface area contributed by atoms with Gasteiger partial charge in [0.15, 0.2) is 0 Å². The maximum absolute atomic E-state index is 12.0. The summed E-state index contributed by atoms with van der Waals surface area (Å²) in [5.74, 6) is -0.0995. The minimum atomic E-state index is -3.65. The number of rotatable bonds is 5. The van der Waals surface area contributed by atoms with Crippen molar-refractivity contribution in [3.05, 3.63) is 0 Å². The van der Waals surface area contributed by atoms with E-state index in [1.807, 2.05) is 6.92 Å². The molecule has 1 aliphatic rings. The van der Waals surface area contributed by atoms with E-state index < -0.39 is 16.3 Å². The molecule has 1 aliphatic heterocycles. The summed E-state index contributed by atoms with van der Waals surface area (Å²) in [6.07, 6.45) is 2.59. The zero-order chi connectivity index (χ0) is 13.8. The third-order valence-electron chi connectivity index (χ3n) is 3.10. The van der Waals surface area contributed by atoms with Crippen LogP contribution >= 0.6 is 0 Å². The molecule has 4 N–H and O–H groups in total. The van der Waals surface area contributed by atoms with E-state index in [1.165, 1.54) is 4.31 Å². The fourth-order valence-corrected chi connectivity index (χ4v) is 2.62. The van der Waals surface area contributed by atoms with Gasteiger partial charge in [0.2, 0.25) is 5.91 Å². The fraction of sp³-hybridized carbons (Fsp3) is 0.900. The Labute approximate surface area is 108 Å². The van der Waals surface area contributed by atoms with Crippen LogP contribution in [0.4, 0.5) is 0 Å². The third kappa shape index (κ3) is 4.20. The lowest BCUT2D eigenvalue weighted by atomic mass is 10.1. The van der Waals surface area contributed by atoms with E-state index in [0.29, 0.717) is 19.5 Å². The minimum Gasteiger partial charge on any atom is -0.339 e. The van der Waals surface area contributed by atoms with Gasteiger partial charge >= 0.3 is 0 Å². The van der Waals surface area contributed by atoms with Gasteiger partial charge in [-0.1, -0.05) is 19.8 Å². The number of hydrogen-bond donors (Lipinski definition) is 2. The Kier molecular flexibility index (Phi) is 5.51. The number of piperazine rings is 1. The molecule has 0 aliphatic carbocycles. The number of unbranched alkanes of at least 4 members (excludes halogenated alkanes) is 1. The standard InChI is InChI=1S/C10H22N4O3S/c1-2-3-4-9(11)10(15)13-5-7-14(8-6-13)18(12,16)17/h9H,2-8,11H2,1H3,(H2,12,16,17). The molecule has 0 aromatic rings. The van der Waals surface area contributed by atoms with Crippen LogP contribution in [0.1, 0.15) is 26.2 Å². The first-order chi connectivity index (χ1) is 8.36. The van der Waals surface area contributed by atoms with Gasteiger partial charge in [-0.05, 0) is 6.42 Å².